The number of hydrogen-bond donors (Lipinski definition) is 1. The van der Waals surface area contributed by atoms with Gasteiger partial charge in [0.2, 0.25) is 10.0 Å². The fourth-order valence-electron chi connectivity index (χ4n) is 2.72. The first-order valence-corrected chi connectivity index (χ1v) is 9.46. The number of aliphatic carboxylic acids is 1. The lowest BCUT2D eigenvalue weighted by Crippen LogP contribution is -2.43. The highest BCUT2D eigenvalue weighted by Crippen LogP contribution is 2.21. The molecule has 0 aliphatic carbocycles. The smallest absolute Gasteiger partial charge is 0.322 e. The summed E-state index contributed by atoms with van der Waals surface area (Å²) in [7, 11) is -2.66. The van der Waals surface area contributed by atoms with Crippen molar-refractivity contribution < 1.29 is 18.3 Å². The second-order valence-corrected chi connectivity index (χ2v) is 8.46. The molecule has 0 fully saturated rings. The highest BCUT2D eigenvalue weighted by molar-refractivity contribution is 7.89. The van der Waals surface area contributed by atoms with Gasteiger partial charge in [-0.15, -0.1) is 0 Å². The van der Waals surface area contributed by atoms with Crippen LogP contribution in [0.15, 0.2) is 47.4 Å². The minimum atomic E-state index is -3.95. The molecule has 7 heteroatoms. The number of carboxylic acid groups (broad SMARTS) is 1. The van der Waals surface area contributed by atoms with Gasteiger partial charge in [0.25, 0.3) is 0 Å². The summed E-state index contributed by atoms with van der Waals surface area (Å²) in [6.45, 7) is 3.83. The third-order valence-corrected chi connectivity index (χ3v) is 6.06. The highest BCUT2D eigenvalue weighted by Gasteiger charge is 2.33. The minimum Gasteiger partial charge on any atom is -0.480 e. The third kappa shape index (κ3) is 4.60. The summed E-state index contributed by atoms with van der Waals surface area (Å²) < 4.78 is 26.4. The van der Waals surface area contributed by atoms with Crippen molar-refractivity contribution in [2.24, 2.45) is 0 Å². The zero-order valence-corrected chi connectivity index (χ0v) is 15.8. The Kier molecular flexibility index (Phi) is 5.87. The predicted octanol–water partition coefficient (Wildman–Crippen LogP) is 3.27. The van der Waals surface area contributed by atoms with Gasteiger partial charge in [0.15, 0.2) is 0 Å². The molecule has 0 spiro atoms. The summed E-state index contributed by atoms with van der Waals surface area (Å²) in [4.78, 5) is 11.7. The molecule has 2 rings (SSSR count). The van der Waals surface area contributed by atoms with Crippen LogP contribution in [-0.2, 0) is 21.2 Å². The molecular formula is C18H20ClNO4S. The van der Waals surface area contributed by atoms with E-state index in [9.17, 15) is 18.3 Å². The fourth-order valence-corrected chi connectivity index (χ4v) is 4.16. The van der Waals surface area contributed by atoms with Crippen LogP contribution in [0.2, 0.25) is 5.02 Å². The van der Waals surface area contributed by atoms with Gasteiger partial charge in [0, 0.05) is 12.1 Å². The molecule has 134 valence electrons. The van der Waals surface area contributed by atoms with Crippen molar-refractivity contribution in [2.75, 3.05) is 7.05 Å². The minimum absolute atomic E-state index is 0.00562. The average Bonchev–Trinajstić information content (AvgIpc) is 2.51. The number of aryl methyl sites for hydroxylation is 2. The van der Waals surface area contributed by atoms with Gasteiger partial charge >= 0.3 is 5.97 Å². The van der Waals surface area contributed by atoms with Crippen molar-refractivity contribution in [1.29, 1.82) is 0 Å². The lowest BCUT2D eigenvalue weighted by atomic mass is 10.0. The number of hydrogen-bond acceptors (Lipinski definition) is 3. The van der Waals surface area contributed by atoms with Crippen LogP contribution in [0.5, 0.6) is 0 Å². The molecule has 25 heavy (non-hydrogen) atoms. The van der Waals surface area contributed by atoms with E-state index in [1.54, 1.807) is 0 Å². The number of sulfonamides is 1. The number of rotatable bonds is 6. The summed E-state index contributed by atoms with van der Waals surface area (Å²) >= 11 is 5.79. The Labute approximate surface area is 152 Å². The topological polar surface area (TPSA) is 74.7 Å². The Morgan fingerprint density at radius 1 is 1.12 bits per heavy atom. The molecule has 0 saturated heterocycles. The number of benzene rings is 2. The lowest BCUT2D eigenvalue weighted by Gasteiger charge is -2.24. The van der Waals surface area contributed by atoms with Gasteiger partial charge in [-0.3, -0.25) is 4.79 Å². The maximum absolute atomic E-state index is 12.7. The number of likely N-dealkylation sites (N-methyl/N-ethyl adjacent to an activating group) is 1. The Morgan fingerprint density at radius 3 is 2.12 bits per heavy atom. The van der Waals surface area contributed by atoms with Crippen LogP contribution in [0, 0.1) is 13.8 Å². The molecule has 0 amide bonds. The van der Waals surface area contributed by atoms with Gasteiger partial charge < -0.3 is 5.11 Å². The van der Waals surface area contributed by atoms with Gasteiger partial charge in [-0.05, 0) is 50.1 Å². The fraction of sp³-hybridized carbons (Fsp3) is 0.278. The zero-order chi connectivity index (χ0) is 18.8. The average molecular weight is 382 g/mol. The quantitative estimate of drug-likeness (QED) is 0.833. The summed E-state index contributed by atoms with van der Waals surface area (Å²) in [5.41, 5.74) is 2.78. The molecule has 0 heterocycles. The van der Waals surface area contributed by atoms with E-state index in [1.807, 2.05) is 32.0 Å². The highest BCUT2D eigenvalue weighted by atomic mass is 35.5. The van der Waals surface area contributed by atoms with Crippen LogP contribution in [0.1, 0.15) is 16.7 Å². The van der Waals surface area contributed by atoms with Gasteiger partial charge in [0.05, 0.1) is 4.90 Å². The van der Waals surface area contributed by atoms with E-state index in [1.165, 1.54) is 31.3 Å². The molecule has 1 unspecified atom stereocenters. The van der Waals surface area contributed by atoms with Crippen molar-refractivity contribution >= 4 is 27.6 Å². The van der Waals surface area contributed by atoms with Crippen molar-refractivity contribution in [3.63, 3.8) is 0 Å². The Hall–Kier alpha value is -1.89. The molecule has 0 saturated carbocycles. The Bertz CT molecular complexity index is 858. The van der Waals surface area contributed by atoms with Crippen molar-refractivity contribution in [1.82, 2.24) is 4.31 Å². The summed E-state index contributed by atoms with van der Waals surface area (Å²) in [6.07, 6.45) is 0.0845. The predicted molar refractivity (Wildman–Crippen MR) is 97.4 cm³/mol. The summed E-state index contributed by atoms with van der Waals surface area (Å²) in [6, 6.07) is 10.2. The number of carbonyl (C=O) groups is 1. The standard InChI is InChI=1S/C18H20ClNO4S/c1-12-8-13(2)10-14(9-12)11-17(18(21)22)20(3)25(23,24)16-6-4-15(19)5-7-16/h4-10,17H,11H2,1-3H3,(H,21,22). The zero-order valence-electron chi connectivity index (χ0n) is 14.2. The molecule has 5 nitrogen and oxygen atoms in total. The van der Waals surface area contributed by atoms with Gasteiger partial charge in [-0.25, -0.2) is 8.42 Å². The SMILES string of the molecule is Cc1cc(C)cc(CC(C(=O)O)N(C)S(=O)(=O)c2ccc(Cl)cc2)c1. The van der Waals surface area contributed by atoms with Crippen molar-refractivity contribution in [3.8, 4) is 0 Å². The molecule has 0 aromatic heterocycles. The molecule has 0 radical (unpaired) electrons. The number of halogens is 1. The Balaban J connectivity index is 2.35. The van der Waals surface area contributed by atoms with E-state index in [-0.39, 0.29) is 11.3 Å². The third-order valence-electron chi connectivity index (χ3n) is 3.93. The monoisotopic (exact) mass is 381 g/mol. The van der Waals surface area contributed by atoms with E-state index in [2.05, 4.69) is 0 Å². The molecule has 1 N–H and O–H groups in total. The first kappa shape index (κ1) is 19.4. The first-order chi connectivity index (χ1) is 11.6. The van der Waals surface area contributed by atoms with Gasteiger partial charge in [0.1, 0.15) is 6.04 Å². The van der Waals surface area contributed by atoms with Crippen LogP contribution in [0.25, 0.3) is 0 Å². The molecule has 2 aromatic carbocycles. The van der Waals surface area contributed by atoms with Gasteiger partial charge in [-0.1, -0.05) is 40.9 Å². The van der Waals surface area contributed by atoms with Crippen LogP contribution in [0.3, 0.4) is 0 Å². The second kappa shape index (κ2) is 7.56. The van der Waals surface area contributed by atoms with Crippen molar-refractivity contribution in [3.05, 3.63) is 64.2 Å². The van der Waals surface area contributed by atoms with E-state index >= 15 is 0 Å². The van der Waals surface area contributed by atoms with E-state index in [0.29, 0.717) is 5.02 Å². The molecule has 0 aliphatic rings. The van der Waals surface area contributed by atoms with Gasteiger partial charge in [-0.2, -0.15) is 4.31 Å². The second-order valence-electron chi connectivity index (χ2n) is 6.03. The lowest BCUT2D eigenvalue weighted by molar-refractivity contribution is -0.141. The number of carboxylic acids is 1. The van der Waals surface area contributed by atoms with E-state index in [4.69, 9.17) is 11.6 Å². The summed E-state index contributed by atoms with van der Waals surface area (Å²) in [5.74, 6) is -1.20. The van der Waals surface area contributed by atoms with Crippen LogP contribution in [0.4, 0.5) is 0 Å². The van der Waals surface area contributed by atoms with E-state index in [0.717, 1.165) is 21.0 Å². The van der Waals surface area contributed by atoms with Crippen molar-refractivity contribution in [2.45, 2.75) is 31.2 Å². The molecule has 0 aliphatic heterocycles. The van der Waals surface area contributed by atoms with E-state index < -0.39 is 22.0 Å². The molecule has 1 atom stereocenters. The summed E-state index contributed by atoms with van der Waals surface area (Å²) in [5, 5.41) is 9.98. The van der Waals surface area contributed by atoms with Crippen LogP contribution >= 0.6 is 11.6 Å². The maximum atomic E-state index is 12.7. The maximum Gasteiger partial charge on any atom is 0.322 e. The largest absolute Gasteiger partial charge is 0.480 e. The van der Waals surface area contributed by atoms with Crippen LogP contribution in [-0.4, -0.2) is 36.9 Å². The number of nitrogens with zero attached hydrogens (tertiary/aromatic N) is 1. The Morgan fingerprint density at radius 2 is 1.64 bits per heavy atom. The first-order valence-electron chi connectivity index (χ1n) is 7.65. The molecule has 2 aromatic rings. The molecular weight excluding hydrogens is 362 g/mol. The normalized spacial score (nSPS) is 13.0. The van der Waals surface area contributed by atoms with Crippen LogP contribution < -0.4 is 0 Å². The molecule has 0 bridgehead atoms.